The molecule has 1 aromatic carbocycles. The topological polar surface area (TPSA) is 33.7 Å². The lowest BCUT2D eigenvalue weighted by molar-refractivity contribution is 0.354. The van der Waals surface area contributed by atoms with Gasteiger partial charge in [0.25, 0.3) is 0 Å². The predicted molar refractivity (Wildman–Crippen MR) is 74.4 cm³/mol. The van der Waals surface area contributed by atoms with Gasteiger partial charge in [-0.05, 0) is 51.3 Å². The Morgan fingerprint density at radius 3 is 2.44 bits per heavy atom. The fraction of sp³-hybridized carbons (Fsp3) is 0.571. The number of benzene rings is 1. The fourth-order valence-corrected chi connectivity index (χ4v) is 1.74. The number of methoxy groups -OCH3 is 2. The second-order valence-corrected chi connectivity index (χ2v) is 4.52. The molecular formula is C14H24N2O2. The number of nitrogens with zero attached hydrogens (tertiary/aromatic N) is 1. The number of rotatable bonds is 8. The molecule has 0 spiro atoms. The van der Waals surface area contributed by atoms with Gasteiger partial charge in [-0.15, -0.1) is 0 Å². The largest absolute Gasteiger partial charge is 0.493 e. The number of hydrogen-bond acceptors (Lipinski definition) is 4. The monoisotopic (exact) mass is 252 g/mol. The molecule has 4 nitrogen and oxygen atoms in total. The summed E-state index contributed by atoms with van der Waals surface area (Å²) in [7, 11) is 7.49. The van der Waals surface area contributed by atoms with Gasteiger partial charge in [-0.3, -0.25) is 0 Å². The van der Waals surface area contributed by atoms with Crippen molar-refractivity contribution in [3.63, 3.8) is 0 Å². The molecule has 0 saturated heterocycles. The highest BCUT2D eigenvalue weighted by Crippen LogP contribution is 2.27. The Kier molecular flexibility index (Phi) is 6.54. The number of hydrogen-bond donors (Lipinski definition) is 1. The van der Waals surface area contributed by atoms with E-state index in [0.717, 1.165) is 37.6 Å². The van der Waals surface area contributed by atoms with Crippen molar-refractivity contribution in [2.24, 2.45) is 0 Å². The number of nitrogens with one attached hydrogen (secondary N) is 1. The van der Waals surface area contributed by atoms with Gasteiger partial charge in [0, 0.05) is 6.54 Å². The van der Waals surface area contributed by atoms with Gasteiger partial charge in [0.15, 0.2) is 11.5 Å². The first-order valence-corrected chi connectivity index (χ1v) is 6.23. The Morgan fingerprint density at radius 1 is 1.11 bits per heavy atom. The van der Waals surface area contributed by atoms with E-state index in [1.165, 1.54) is 5.56 Å². The third-order valence-corrected chi connectivity index (χ3v) is 2.74. The summed E-state index contributed by atoms with van der Waals surface area (Å²) in [4.78, 5) is 2.19. The van der Waals surface area contributed by atoms with Crippen LogP contribution in [0.15, 0.2) is 18.2 Å². The highest BCUT2D eigenvalue weighted by Gasteiger charge is 2.03. The van der Waals surface area contributed by atoms with E-state index in [0.29, 0.717) is 0 Å². The summed E-state index contributed by atoms with van der Waals surface area (Å²) in [6, 6.07) is 6.01. The van der Waals surface area contributed by atoms with Crippen molar-refractivity contribution >= 4 is 0 Å². The van der Waals surface area contributed by atoms with Gasteiger partial charge < -0.3 is 19.7 Å². The third kappa shape index (κ3) is 4.94. The smallest absolute Gasteiger partial charge is 0.161 e. The standard InChI is InChI=1S/C14H24N2O2/c1-16(2)9-5-8-15-11-12-6-7-13(17-3)14(10-12)18-4/h6-7,10,15H,5,8-9,11H2,1-4H3. The number of ether oxygens (including phenoxy) is 2. The van der Waals surface area contributed by atoms with Crippen LogP contribution < -0.4 is 14.8 Å². The van der Waals surface area contributed by atoms with Gasteiger partial charge >= 0.3 is 0 Å². The van der Waals surface area contributed by atoms with Gasteiger partial charge in [0.1, 0.15) is 0 Å². The maximum absolute atomic E-state index is 5.28. The maximum atomic E-state index is 5.28. The molecule has 0 saturated carbocycles. The van der Waals surface area contributed by atoms with Gasteiger partial charge in [-0.2, -0.15) is 0 Å². The fourth-order valence-electron chi connectivity index (χ4n) is 1.74. The molecule has 0 atom stereocenters. The summed E-state index contributed by atoms with van der Waals surface area (Å²) in [6.07, 6.45) is 1.15. The molecule has 102 valence electrons. The first-order chi connectivity index (χ1) is 8.67. The average molecular weight is 252 g/mol. The predicted octanol–water partition coefficient (Wildman–Crippen LogP) is 1.75. The molecule has 0 unspecified atom stereocenters. The first-order valence-electron chi connectivity index (χ1n) is 6.23. The molecule has 4 heteroatoms. The summed E-state index contributed by atoms with van der Waals surface area (Å²) in [5.41, 5.74) is 1.21. The van der Waals surface area contributed by atoms with Crippen molar-refractivity contribution in [2.45, 2.75) is 13.0 Å². The van der Waals surface area contributed by atoms with Crippen molar-refractivity contribution in [2.75, 3.05) is 41.4 Å². The van der Waals surface area contributed by atoms with Crippen LogP contribution in [0, 0.1) is 0 Å². The van der Waals surface area contributed by atoms with Crippen LogP contribution >= 0.6 is 0 Å². The molecule has 0 aliphatic heterocycles. The summed E-state index contributed by atoms with van der Waals surface area (Å²) in [5, 5.41) is 3.42. The van der Waals surface area contributed by atoms with Crippen LogP contribution in [0.4, 0.5) is 0 Å². The molecular weight excluding hydrogens is 228 g/mol. The van der Waals surface area contributed by atoms with Crippen LogP contribution in [0.5, 0.6) is 11.5 Å². The molecule has 0 aliphatic carbocycles. The zero-order valence-corrected chi connectivity index (χ0v) is 11.8. The van der Waals surface area contributed by atoms with Crippen molar-refractivity contribution < 1.29 is 9.47 Å². The minimum Gasteiger partial charge on any atom is -0.493 e. The molecule has 0 fully saturated rings. The van der Waals surface area contributed by atoms with Crippen molar-refractivity contribution in [3.05, 3.63) is 23.8 Å². The SMILES string of the molecule is COc1ccc(CNCCCN(C)C)cc1OC. The minimum absolute atomic E-state index is 0.772. The molecule has 1 rings (SSSR count). The average Bonchev–Trinajstić information content (AvgIpc) is 2.37. The van der Waals surface area contributed by atoms with E-state index in [1.54, 1.807) is 14.2 Å². The van der Waals surface area contributed by atoms with Gasteiger partial charge in [0.2, 0.25) is 0 Å². The van der Waals surface area contributed by atoms with E-state index in [1.807, 2.05) is 12.1 Å². The van der Waals surface area contributed by atoms with E-state index >= 15 is 0 Å². The Balaban J connectivity index is 2.38. The lowest BCUT2D eigenvalue weighted by Gasteiger charge is -2.11. The third-order valence-electron chi connectivity index (χ3n) is 2.74. The van der Waals surface area contributed by atoms with Gasteiger partial charge in [-0.1, -0.05) is 6.07 Å². The van der Waals surface area contributed by atoms with Crippen LogP contribution in [-0.2, 0) is 6.54 Å². The van der Waals surface area contributed by atoms with Gasteiger partial charge in [0.05, 0.1) is 14.2 Å². The summed E-state index contributed by atoms with van der Waals surface area (Å²) in [6.45, 7) is 2.99. The van der Waals surface area contributed by atoms with Crippen LogP contribution in [0.2, 0.25) is 0 Å². The highest BCUT2D eigenvalue weighted by molar-refractivity contribution is 5.42. The lowest BCUT2D eigenvalue weighted by atomic mass is 10.2. The Morgan fingerprint density at radius 2 is 1.83 bits per heavy atom. The zero-order chi connectivity index (χ0) is 13.4. The van der Waals surface area contributed by atoms with Crippen molar-refractivity contribution in [1.82, 2.24) is 10.2 Å². The normalized spacial score (nSPS) is 10.7. The Labute approximate surface area is 110 Å². The second kappa shape index (κ2) is 7.95. The summed E-state index contributed by atoms with van der Waals surface area (Å²) < 4.78 is 10.5. The first kappa shape index (κ1) is 14.8. The Hall–Kier alpha value is -1.26. The second-order valence-electron chi connectivity index (χ2n) is 4.52. The molecule has 0 heterocycles. The molecule has 18 heavy (non-hydrogen) atoms. The molecule has 0 amide bonds. The zero-order valence-electron chi connectivity index (χ0n) is 11.8. The maximum Gasteiger partial charge on any atom is 0.161 e. The van der Waals surface area contributed by atoms with Crippen molar-refractivity contribution in [3.8, 4) is 11.5 Å². The van der Waals surface area contributed by atoms with Gasteiger partial charge in [-0.25, -0.2) is 0 Å². The van der Waals surface area contributed by atoms with Crippen LogP contribution in [0.3, 0.4) is 0 Å². The molecule has 0 aliphatic rings. The quantitative estimate of drug-likeness (QED) is 0.715. The van der Waals surface area contributed by atoms with Crippen LogP contribution in [0.25, 0.3) is 0 Å². The Bertz CT molecular complexity index is 354. The van der Waals surface area contributed by atoms with Crippen molar-refractivity contribution in [1.29, 1.82) is 0 Å². The van der Waals surface area contributed by atoms with E-state index in [9.17, 15) is 0 Å². The molecule has 0 bridgehead atoms. The van der Waals surface area contributed by atoms with E-state index in [-0.39, 0.29) is 0 Å². The lowest BCUT2D eigenvalue weighted by Crippen LogP contribution is -2.21. The summed E-state index contributed by atoms with van der Waals surface area (Å²) >= 11 is 0. The molecule has 1 aromatic rings. The summed E-state index contributed by atoms with van der Waals surface area (Å²) in [5.74, 6) is 1.55. The van der Waals surface area contributed by atoms with Crippen LogP contribution in [-0.4, -0.2) is 46.3 Å². The minimum atomic E-state index is 0.772. The van der Waals surface area contributed by atoms with E-state index in [4.69, 9.17) is 9.47 Å². The molecule has 0 radical (unpaired) electrons. The van der Waals surface area contributed by atoms with Crippen LogP contribution in [0.1, 0.15) is 12.0 Å². The molecule has 1 N–H and O–H groups in total. The van der Waals surface area contributed by atoms with E-state index < -0.39 is 0 Å². The molecule has 0 aromatic heterocycles. The highest BCUT2D eigenvalue weighted by atomic mass is 16.5. The van der Waals surface area contributed by atoms with E-state index in [2.05, 4.69) is 30.4 Å².